The lowest BCUT2D eigenvalue weighted by atomic mass is 10.2. The maximum absolute atomic E-state index is 13.4. The second-order valence-electron chi connectivity index (χ2n) is 4.17. The van der Waals surface area contributed by atoms with E-state index in [4.69, 9.17) is 5.73 Å². The van der Waals surface area contributed by atoms with Crippen LogP contribution in [0.1, 0.15) is 32.6 Å². The van der Waals surface area contributed by atoms with Crippen LogP contribution < -0.4 is 16.4 Å². The molecular formula is C12H20FN5O. The molecule has 0 unspecified atom stereocenters. The molecule has 1 aromatic heterocycles. The molecule has 0 saturated heterocycles. The summed E-state index contributed by atoms with van der Waals surface area (Å²) in [5.74, 6) is -0.230. The minimum atomic E-state index is -0.489. The van der Waals surface area contributed by atoms with E-state index in [1.807, 2.05) is 6.92 Å². The summed E-state index contributed by atoms with van der Waals surface area (Å²) >= 11 is 0. The van der Waals surface area contributed by atoms with Crippen LogP contribution in [0.3, 0.4) is 0 Å². The Hall–Kier alpha value is -1.92. The SMILES string of the molecule is CCCNc1ncc(F)c(NCCCCC(N)=O)n1. The largest absolute Gasteiger partial charge is 0.370 e. The van der Waals surface area contributed by atoms with Gasteiger partial charge in [-0.15, -0.1) is 0 Å². The normalized spacial score (nSPS) is 10.2. The third-order valence-electron chi connectivity index (χ3n) is 2.42. The molecule has 0 aliphatic rings. The number of carbonyl (C=O) groups is 1. The molecule has 1 aromatic rings. The Bertz CT molecular complexity index is 413. The van der Waals surface area contributed by atoms with E-state index < -0.39 is 5.82 Å². The molecule has 1 amide bonds. The van der Waals surface area contributed by atoms with E-state index in [1.165, 1.54) is 0 Å². The summed E-state index contributed by atoms with van der Waals surface area (Å²) < 4.78 is 13.4. The Kier molecular flexibility index (Phi) is 6.56. The highest BCUT2D eigenvalue weighted by atomic mass is 19.1. The highest BCUT2D eigenvalue weighted by Crippen LogP contribution is 2.12. The van der Waals surface area contributed by atoms with Gasteiger partial charge in [0.2, 0.25) is 11.9 Å². The van der Waals surface area contributed by atoms with Crippen molar-refractivity contribution in [2.45, 2.75) is 32.6 Å². The monoisotopic (exact) mass is 269 g/mol. The van der Waals surface area contributed by atoms with Crippen LogP contribution in [-0.4, -0.2) is 29.0 Å². The number of hydrogen-bond acceptors (Lipinski definition) is 5. The van der Waals surface area contributed by atoms with E-state index in [0.29, 0.717) is 25.3 Å². The zero-order valence-corrected chi connectivity index (χ0v) is 11.1. The number of amides is 1. The van der Waals surface area contributed by atoms with Gasteiger partial charge in [-0.05, 0) is 19.3 Å². The molecule has 0 fully saturated rings. The molecule has 106 valence electrons. The van der Waals surface area contributed by atoms with Gasteiger partial charge in [0.15, 0.2) is 11.6 Å². The molecule has 19 heavy (non-hydrogen) atoms. The Morgan fingerprint density at radius 2 is 2.16 bits per heavy atom. The van der Waals surface area contributed by atoms with Crippen LogP contribution in [0.25, 0.3) is 0 Å². The first kappa shape index (κ1) is 15.1. The molecule has 0 saturated carbocycles. The van der Waals surface area contributed by atoms with Crippen molar-refractivity contribution in [3.63, 3.8) is 0 Å². The van der Waals surface area contributed by atoms with Gasteiger partial charge in [0.25, 0.3) is 0 Å². The molecular weight excluding hydrogens is 249 g/mol. The molecule has 6 nitrogen and oxygen atoms in total. The van der Waals surface area contributed by atoms with Crippen LogP contribution in [0, 0.1) is 5.82 Å². The van der Waals surface area contributed by atoms with E-state index >= 15 is 0 Å². The molecule has 0 aromatic carbocycles. The van der Waals surface area contributed by atoms with Crippen molar-refractivity contribution in [3.05, 3.63) is 12.0 Å². The number of anilines is 2. The predicted molar refractivity (Wildman–Crippen MR) is 72.3 cm³/mol. The zero-order chi connectivity index (χ0) is 14.1. The lowest BCUT2D eigenvalue weighted by Gasteiger charge is -2.08. The number of primary amides is 1. The fourth-order valence-electron chi connectivity index (χ4n) is 1.44. The molecule has 1 heterocycles. The molecule has 0 bridgehead atoms. The number of aromatic nitrogens is 2. The van der Waals surface area contributed by atoms with Gasteiger partial charge in [0.1, 0.15) is 0 Å². The van der Waals surface area contributed by atoms with E-state index in [9.17, 15) is 9.18 Å². The number of halogens is 1. The Morgan fingerprint density at radius 3 is 2.84 bits per heavy atom. The van der Waals surface area contributed by atoms with Crippen molar-refractivity contribution in [2.75, 3.05) is 23.7 Å². The van der Waals surface area contributed by atoms with E-state index in [2.05, 4.69) is 20.6 Å². The molecule has 1 rings (SSSR count). The van der Waals surface area contributed by atoms with Gasteiger partial charge in [0.05, 0.1) is 6.20 Å². The summed E-state index contributed by atoms with van der Waals surface area (Å²) in [7, 11) is 0. The number of carbonyl (C=O) groups excluding carboxylic acids is 1. The number of unbranched alkanes of at least 4 members (excludes halogenated alkanes) is 1. The van der Waals surface area contributed by atoms with Crippen LogP contribution in [0.15, 0.2) is 6.20 Å². The maximum atomic E-state index is 13.4. The Labute approximate surface area is 112 Å². The van der Waals surface area contributed by atoms with Crippen molar-refractivity contribution in [1.82, 2.24) is 9.97 Å². The third-order valence-corrected chi connectivity index (χ3v) is 2.42. The molecule has 7 heteroatoms. The summed E-state index contributed by atoms with van der Waals surface area (Å²) in [6, 6.07) is 0. The second kappa shape index (κ2) is 8.23. The summed E-state index contributed by atoms with van der Waals surface area (Å²) in [6.07, 6.45) is 3.82. The molecule has 0 aliphatic heterocycles. The molecule has 4 N–H and O–H groups in total. The van der Waals surface area contributed by atoms with Crippen LogP contribution >= 0.6 is 0 Å². The number of nitrogens with two attached hydrogens (primary N) is 1. The van der Waals surface area contributed by atoms with Crippen molar-refractivity contribution in [1.29, 1.82) is 0 Å². The number of rotatable bonds is 9. The molecule has 0 atom stereocenters. The fourth-order valence-corrected chi connectivity index (χ4v) is 1.44. The van der Waals surface area contributed by atoms with Gasteiger partial charge in [-0.25, -0.2) is 9.37 Å². The predicted octanol–water partition coefficient (Wildman–Crippen LogP) is 1.51. The summed E-state index contributed by atoms with van der Waals surface area (Å²) in [4.78, 5) is 18.4. The minimum absolute atomic E-state index is 0.174. The van der Waals surface area contributed by atoms with Crippen LogP contribution in [0.5, 0.6) is 0 Å². The first-order valence-corrected chi connectivity index (χ1v) is 6.42. The maximum Gasteiger partial charge on any atom is 0.224 e. The molecule has 0 radical (unpaired) electrons. The van der Waals surface area contributed by atoms with Gasteiger partial charge in [-0.2, -0.15) is 4.98 Å². The number of nitrogens with zero attached hydrogens (tertiary/aromatic N) is 2. The number of nitrogens with one attached hydrogen (secondary N) is 2. The highest BCUT2D eigenvalue weighted by Gasteiger charge is 2.06. The second-order valence-corrected chi connectivity index (χ2v) is 4.17. The molecule has 0 spiro atoms. The van der Waals surface area contributed by atoms with Gasteiger partial charge in [0, 0.05) is 19.5 Å². The van der Waals surface area contributed by atoms with Crippen LogP contribution in [0.2, 0.25) is 0 Å². The first-order chi connectivity index (χ1) is 9.13. The average Bonchev–Trinajstić information content (AvgIpc) is 2.38. The lowest BCUT2D eigenvalue weighted by Crippen LogP contribution is -2.12. The van der Waals surface area contributed by atoms with Gasteiger partial charge in [-0.1, -0.05) is 6.92 Å². The van der Waals surface area contributed by atoms with Crippen LogP contribution in [0.4, 0.5) is 16.2 Å². The quantitative estimate of drug-likeness (QED) is 0.591. The van der Waals surface area contributed by atoms with Crippen molar-refractivity contribution < 1.29 is 9.18 Å². The lowest BCUT2D eigenvalue weighted by molar-refractivity contribution is -0.118. The molecule has 0 aliphatic carbocycles. The summed E-state index contributed by atoms with van der Waals surface area (Å²) in [6.45, 7) is 3.30. The minimum Gasteiger partial charge on any atom is -0.370 e. The van der Waals surface area contributed by atoms with Crippen LogP contribution in [-0.2, 0) is 4.79 Å². The fraction of sp³-hybridized carbons (Fsp3) is 0.583. The van der Waals surface area contributed by atoms with E-state index in [-0.39, 0.29) is 11.7 Å². The number of hydrogen-bond donors (Lipinski definition) is 3. The van der Waals surface area contributed by atoms with Crippen molar-refractivity contribution in [3.8, 4) is 0 Å². The summed E-state index contributed by atoms with van der Waals surface area (Å²) in [5, 5.41) is 5.87. The van der Waals surface area contributed by atoms with E-state index in [1.54, 1.807) is 0 Å². The highest BCUT2D eigenvalue weighted by molar-refractivity contribution is 5.73. The topological polar surface area (TPSA) is 92.9 Å². The summed E-state index contributed by atoms with van der Waals surface area (Å²) in [5.41, 5.74) is 5.03. The third kappa shape index (κ3) is 5.98. The van der Waals surface area contributed by atoms with E-state index in [0.717, 1.165) is 25.6 Å². The van der Waals surface area contributed by atoms with Gasteiger partial charge >= 0.3 is 0 Å². The van der Waals surface area contributed by atoms with Crippen molar-refractivity contribution in [2.24, 2.45) is 5.73 Å². The average molecular weight is 269 g/mol. The zero-order valence-electron chi connectivity index (χ0n) is 11.1. The van der Waals surface area contributed by atoms with Gasteiger partial charge in [-0.3, -0.25) is 4.79 Å². The smallest absolute Gasteiger partial charge is 0.224 e. The first-order valence-electron chi connectivity index (χ1n) is 6.42. The Balaban J connectivity index is 2.41. The standard InChI is InChI=1S/C12H20FN5O/c1-2-6-16-12-17-8-9(13)11(18-12)15-7-4-3-5-10(14)19/h8H,2-7H2,1H3,(H2,14,19)(H2,15,16,17,18). The Morgan fingerprint density at radius 1 is 1.37 bits per heavy atom. The van der Waals surface area contributed by atoms with Crippen molar-refractivity contribution >= 4 is 17.7 Å². The van der Waals surface area contributed by atoms with Gasteiger partial charge < -0.3 is 16.4 Å².